The SMILES string of the molecule is Cc1ncc(S(=O)(=O)Nc2nn(C)cc2S(N)(=O)=O)s1. The molecule has 0 unspecified atom stereocenters. The number of aryl methyl sites for hydroxylation is 2. The molecule has 0 aliphatic carbocycles. The largest absolute Gasteiger partial charge is 0.274 e. The van der Waals surface area contributed by atoms with Gasteiger partial charge in [-0.3, -0.25) is 9.40 Å². The van der Waals surface area contributed by atoms with Crippen LogP contribution in [0.5, 0.6) is 0 Å². The molecular formula is C8H11N5O4S3. The van der Waals surface area contributed by atoms with E-state index in [4.69, 9.17) is 5.14 Å². The second-order valence-electron chi connectivity index (χ2n) is 3.86. The quantitative estimate of drug-likeness (QED) is 0.781. The van der Waals surface area contributed by atoms with Gasteiger partial charge in [0.1, 0.15) is 4.90 Å². The smallest absolute Gasteiger partial charge is 0.272 e. The van der Waals surface area contributed by atoms with Gasteiger partial charge in [0, 0.05) is 13.2 Å². The number of thiazole rings is 1. The molecule has 0 fully saturated rings. The summed E-state index contributed by atoms with van der Waals surface area (Å²) in [7, 11) is -6.59. The van der Waals surface area contributed by atoms with Crippen LogP contribution in [-0.2, 0) is 27.1 Å². The molecule has 2 rings (SSSR count). The van der Waals surface area contributed by atoms with Crippen LogP contribution in [0.15, 0.2) is 21.5 Å². The summed E-state index contributed by atoms with van der Waals surface area (Å²) < 4.78 is 50.1. The predicted octanol–water partition coefficient (Wildman–Crippen LogP) is -0.367. The van der Waals surface area contributed by atoms with E-state index in [9.17, 15) is 16.8 Å². The number of rotatable bonds is 4. The third-order valence-corrected chi connectivity index (χ3v) is 5.82. The van der Waals surface area contributed by atoms with Crippen molar-refractivity contribution >= 4 is 37.2 Å². The summed E-state index contributed by atoms with van der Waals surface area (Å²) in [6.45, 7) is 1.65. The topological polar surface area (TPSA) is 137 Å². The molecule has 9 nitrogen and oxygen atoms in total. The van der Waals surface area contributed by atoms with Gasteiger partial charge in [-0.1, -0.05) is 0 Å². The lowest BCUT2D eigenvalue weighted by atomic mass is 10.7. The molecule has 0 radical (unpaired) electrons. The molecule has 0 bridgehead atoms. The molecule has 2 heterocycles. The van der Waals surface area contributed by atoms with E-state index in [1.165, 1.54) is 13.2 Å². The summed E-state index contributed by atoms with van der Waals surface area (Å²) in [5.74, 6) is -0.346. The minimum atomic E-state index is -4.08. The van der Waals surface area contributed by atoms with Gasteiger partial charge in [0.25, 0.3) is 10.0 Å². The van der Waals surface area contributed by atoms with Crippen molar-refractivity contribution in [1.29, 1.82) is 0 Å². The molecule has 110 valence electrons. The van der Waals surface area contributed by atoms with Gasteiger partial charge in [0.05, 0.1) is 11.2 Å². The maximum absolute atomic E-state index is 12.1. The lowest BCUT2D eigenvalue weighted by molar-refractivity contribution is 0.598. The Balaban J connectivity index is 2.45. The fraction of sp³-hybridized carbons (Fsp3) is 0.250. The van der Waals surface area contributed by atoms with Crippen molar-refractivity contribution in [1.82, 2.24) is 14.8 Å². The number of primary sulfonamides is 1. The van der Waals surface area contributed by atoms with E-state index in [0.717, 1.165) is 22.2 Å². The number of anilines is 1. The van der Waals surface area contributed by atoms with Crippen molar-refractivity contribution in [3.63, 3.8) is 0 Å². The summed E-state index contributed by atoms with van der Waals surface area (Å²) in [6, 6.07) is 0. The molecule has 0 aliphatic heterocycles. The molecular weight excluding hydrogens is 326 g/mol. The first kappa shape index (κ1) is 14.9. The number of sulfonamides is 2. The van der Waals surface area contributed by atoms with Crippen molar-refractivity contribution in [3.05, 3.63) is 17.4 Å². The molecule has 0 saturated heterocycles. The van der Waals surface area contributed by atoms with Gasteiger partial charge in [-0.15, -0.1) is 11.3 Å². The first-order valence-electron chi connectivity index (χ1n) is 5.11. The number of hydrogen-bond donors (Lipinski definition) is 2. The Labute approximate surface area is 119 Å². The number of hydrogen-bond acceptors (Lipinski definition) is 7. The minimum absolute atomic E-state index is 0.0407. The number of nitrogens with two attached hydrogens (primary N) is 1. The molecule has 0 aromatic carbocycles. The molecule has 0 saturated carbocycles. The average molecular weight is 337 g/mol. The fourth-order valence-corrected chi connectivity index (χ4v) is 4.24. The highest BCUT2D eigenvalue weighted by Crippen LogP contribution is 2.24. The maximum atomic E-state index is 12.1. The van der Waals surface area contributed by atoms with Crippen LogP contribution < -0.4 is 9.86 Å². The van der Waals surface area contributed by atoms with Gasteiger partial charge in [-0.25, -0.2) is 27.0 Å². The van der Waals surface area contributed by atoms with Crippen LogP contribution in [0.3, 0.4) is 0 Å². The van der Waals surface area contributed by atoms with E-state index in [-0.39, 0.29) is 10.0 Å². The Hall–Kier alpha value is -1.50. The Morgan fingerprint density at radius 1 is 1.35 bits per heavy atom. The van der Waals surface area contributed by atoms with Crippen molar-refractivity contribution in [2.45, 2.75) is 16.0 Å². The second-order valence-corrected chi connectivity index (χ2v) is 8.54. The molecule has 0 atom stereocenters. The molecule has 2 aromatic heterocycles. The van der Waals surface area contributed by atoms with E-state index in [0.29, 0.717) is 5.01 Å². The van der Waals surface area contributed by atoms with Crippen LogP contribution >= 0.6 is 11.3 Å². The van der Waals surface area contributed by atoms with E-state index in [2.05, 4.69) is 14.8 Å². The molecule has 3 N–H and O–H groups in total. The first-order valence-corrected chi connectivity index (χ1v) is 8.96. The van der Waals surface area contributed by atoms with Gasteiger partial charge >= 0.3 is 0 Å². The summed E-state index contributed by atoms with van der Waals surface area (Å²) in [5, 5.41) is 9.32. The Morgan fingerprint density at radius 3 is 2.50 bits per heavy atom. The van der Waals surface area contributed by atoms with Gasteiger partial charge in [0.15, 0.2) is 10.0 Å². The van der Waals surface area contributed by atoms with Crippen LogP contribution in [0.4, 0.5) is 5.82 Å². The number of nitrogens with zero attached hydrogens (tertiary/aromatic N) is 3. The highest BCUT2D eigenvalue weighted by Gasteiger charge is 2.24. The van der Waals surface area contributed by atoms with Crippen molar-refractivity contribution in [3.8, 4) is 0 Å². The number of nitrogens with one attached hydrogen (secondary N) is 1. The summed E-state index contributed by atoms with van der Waals surface area (Å²) in [5.41, 5.74) is 0. The van der Waals surface area contributed by atoms with Gasteiger partial charge in [0.2, 0.25) is 10.0 Å². The zero-order valence-electron chi connectivity index (χ0n) is 10.4. The molecule has 0 aliphatic rings. The minimum Gasteiger partial charge on any atom is -0.272 e. The second kappa shape index (κ2) is 4.80. The van der Waals surface area contributed by atoms with E-state index >= 15 is 0 Å². The van der Waals surface area contributed by atoms with Gasteiger partial charge in [-0.05, 0) is 6.92 Å². The Bertz CT molecular complexity index is 849. The Morgan fingerprint density at radius 2 is 2.00 bits per heavy atom. The highest BCUT2D eigenvalue weighted by atomic mass is 32.2. The molecule has 12 heteroatoms. The fourth-order valence-electron chi connectivity index (χ4n) is 1.39. The van der Waals surface area contributed by atoms with Crippen LogP contribution in [0.1, 0.15) is 5.01 Å². The Kier molecular flexibility index (Phi) is 3.58. The first-order chi connectivity index (χ1) is 9.09. The van der Waals surface area contributed by atoms with E-state index in [1.807, 2.05) is 0 Å². The molecule has 2 aromatic rings. The van der Waals surface area contributed by atoms with E-state index < -0.39 is 24.9 Å². The normalized spacial score (nSPS) is 12.6. The van der Waals surface area contributed by atoms with Crippen LogP contribution in [0.2, 0.25) is 0 Å². The third kappa shape index (κ3) is 2.98. The summed E-state index contributed by atoms with van der Waals surface area (Å²) in [4.78, 5) is 3.43. The average Bonchev–Trinajstić information content (AvgIpc) is 2.84. The van der Waals surface area contributed by atoms with Crippen molar-refractivity contribution in [2.75, 3.05) is 4.72 Å². The number of aromatic nitrogens is 3. The maximum Gasteiger partial charge on any atom is 0.274 e. The summed E-state index contributed by atoms with van der Waals surface area (Å²) in [6.07, 6.45) is 2.30. The summed E-state index contributed by atoms with van der Waals surface area (Å²) >= 11 is 0.957. The molecule has 0 amide bonds. The van der Waals surface area contributed by atoms with Gasteiger partial charge in [-0.2, -0.15) is 5.10 Å². The lowest BCUT2D eigenvalue weighted by Gasteiger charge is -2.04. The zero-order chi connectivity index (χ0) is 15.1. The van der Waals surface area contributed by atoms with Crippen LogP contribution in [-0.4, -0.2) is 31.6 Å². The highest BCUT2D eigenvalue weighted by molar-refractivity contribution is 7.94. The lowest BCUT2D eigenvalue weighted by Crippen LogP contribution is -2.17. The zero-order valence-corrected chi connectivity index (χ0v) is 12.9. The standard InChI is InChI=1S/C8H11N5O4S3/c1-5-10-3-7(18-5)20(16,17)12-8-6(19(9,14)15)4-13(2)11-8/h3-4H,1-2H3,(H,11,12)(H2,9,14,15). The molecule has 20 heavy (non-hydrogen) atoms. The van der Waals surface area contributed by atoms with E-state index in [1.54, 1.807) is 6.92 Å². The third-order valence-electron chi connectivity index (χ3n) is 2.20. The van der Waals surface area contributed by atoms with Crippen LogP contribution in [0, 0.1) is 6.92 Å². The molecule has 0 spiro atoms. The van der Waals surface area contributed by atoms with Crippen LogP contribution in [0.25, 0.3) is 0 Å². The monoisotopic (exact) mass is 337 g/mol. The van der Waals surface area contributed by atoms with Crippen molar-refractivity contribution in [2.24, 2.45) is 12.2 Å². The van der Waals surface area contributed by atoms with Gasteiger partial charge < -0.3 is 0 Å². The van der Waals surface area contributed by atoms with Crippen molar-refractivity contribution < 1.29 is 16.8 Å². The predicted molar refractivity (Wildman–Crippen MR) is 72.2 cm³/mol.